The number of aryl methyl sites for hydroxylation is 1. The van der Waals surface area contributed by atoms with Crippen molar-refractivity contribution in [1.82, 2.24) is 10.2 Å². The molecule has 2 aromatic rings. The van der Waals surface area contributed by atoms with Gasteiger partial charge in [0.25, 0.3) is 0 Å². The van der Waals surface area contributed by atoms with E-state index in [1.165, 1.54) is 17.7 Å². The Kier molecular flexibility index (Phi) is 6.92. The molecule has 1 saturated heterocycles. The van der Waals surface area contributed by atoms with E-state index in [4.69, 9.17) is 4.74 Å². The molecule has 29 heavy (non-hydrogen) atoms. The van der Waals surface area contributed by atoms with Crippen LogP contribution in [0.3, 0.4) is 0 Å². The third kappa shape index (κ3) is 6.05. The number of amides is 1. The largest absolute Gasteiger partial charge is 0.416 e. The first-order valence-corrected chi connectivity index (χ1v) is 9.64. The van der Waals surface area contributed by atoms with Gasteiger partial charge < -0.3 is 10.1 Å². The van der Waals surface area contributed by atoms with Crippen molar-refractivity contribution < 1.29 is 22.7 Å². The normalized spacial score (nSPS) is 16.4. The number of benzene rings is 2. The number of nitrogens with one attached hydrogen (secondary N) is 1. The van der Waals surface area contributed by atoms with Gasteiger partial charge in [-0.15, -0.1) is 0 Å². The number of morpholine rings is 1. The Balaban J connectivity index is 1.62. The number of ether oxygens (including phenoxy) is 1. The zero-order valence-electron chi connectivity index (χ0n) is 16.3. The van der Waals surface area contributed by atoms with Crippen LogP contribution in [0.15, 0.2) is 48.5 Å². The maximum Gasteiger partial charge on any atom is 0.416 e. The highest BCUT2D eigenvalue weighted by Crippen LogP contribution is 2.29. The minimum atomic E-state index is -4.37. The molecule has 7 heteroatoms. The molecule has 0 aliphatic carbocycles. The lowest BCUT2D eigenvalue weighted by atomic mass is 10.0. The number of rotatable bonds is 6. The zero-order chi connectivity index (χ0) is 20.9. The Bertz CT molecular complexity index is 798. The predicted molar refractivity (Wildman–Crippen MR) is 104 cm³/mol. The smallest absolute Gasteiger partial charge is 0.379 e. The summed E-state index contributed by atoms with van der Waals surface area (Å²) < 4.78 is 43.4. The summed E-state index contributed by atoms with van der Waals surface area (Å²) in [5.41, 5.74) is 2.12. The third-order valence-corrected chi connectivity index (χ3v) is 5.09. The second-order valence-corrected chi connectivity index (χ2v) is 7.25. The van der Waals surface area contributed by atoms with Gasteiger partial charge in [-0.1, -0.05) is 42.0 Å². The van der Waals surface area contributed by atoms with Gasteiger partial charge in [0.15, 0.2) is 0 Å². The SMILES string of the molecule is Cc1ccc(C(CNC(=O)Cc2ccc(C(F)(F)F)cc2)N2CCOCC2)cc1. The van der Waals surface area contributed by atoms with E-state index < -0.39 is 11.7 Å². The number of carbonyl (C=O) groups is 1. The fraction of sp³-hybridized carbons (Fsp3) is 0.409. The minimum absolute atomic E-state index is 0.0241. The first-order valence-electron chi connectivity index (χ1n) is 9.64. The quantitative estimate of drug-likeness (QED) is 0.795. The number of alkyl halides is 3. The van der Waals surface area contributed by atoms with Crippen molar-refractivity contribution in [2.45, 2.75) is 25.6 Å². The van der Waals surface area contributed by atoms with E-state index in [9.17, 15) is 18.0 Å². The molecule has 0 radical (unpaired) electrons. The van der Waals surface area contributed by atoms with Crippen LogP contribution in [0.4, 0.5) is 13.2 Å². The summed E-state index contributed by atoms with van der Waals surface area (Å²) in [5.74, 6) is -0.213. The van der Waals surface area contributed by atoms with Crippen LogP contribution < -0.4 is 5.32 Å². The van der Waals surface area contributed by atoms with Crippen molar-refractivity contribution >= 4 is 5.91 Å². The van der Waals surface area contributed by atoms with Gasteiger partial charge in [0.2, 0.25) is 5.91 Å². The van der Waals surface area contributed by atoms with E-state index in [1.54, 1.807) is 0 Å². The molecule has 1 aliphatic rings. The van der Waals surface area contributed by atoms with Crippen LogP contribution in [0.1, 0.15) is 28.3 Å². The van der Waals surface area contributed by atoms with Gasteiger partial charge in [0.1, 0.15) is 0 Å². The molecule has 4 nitrogen and oxygen atoms in total. The van der Waals surface area contributed by atoms with E-state index in [0.29, 0.717) is 25.3 Å². The van der Waals surface area contributed by atoms with Gasteiger partial charge in [0, 0.05) is 19.6 Å². The lowest BCUT2D eigenvalue weighted by Gasteiger charge is -2.35. The highest BCUT2D eigenvalue weighted by molar-refractivity contribution is 5.78. The van der Waals surface area contributed by atoms with Gasteiger partial charge in [-0.25, -0.2) is 0 Å². The van der Waals surface area contributed by atoms with Gasteiger partial charge in [-0.2, -0.15) is 13.2 Å². The van der Waals surface area contributed by atoms with Gasteiger partial charge in [0.05, 0.1) is 31.2 Å². The molecule has 1 unspecified atom stereocenters. The fourth-order valence-electron chi connectivity index (χ4n) is 3.41. The molecular weight excluding hydrogens is 381 g/mol. The molecule has 1 N–H and O–H groups in total. The van der Waals surface area contributed by atoms with E-state index in [1.807, 2.05) is 19.1 Å². The molecule has 0 spiro atoms. The van der Waals surface area contributed by atoms with Gasteiger partial charge in [-0.3, -0.25) is 9.69 Å². The van der Waals surface area contributed by atoms with E-state index in [0.717, 1.165) is 30.8 Å². The predicted octanol–water partition coefficient (Wildman–Crippen LogP) is 3.75. The molecule has 0 bridgehead atoms. The summed E-state index contributed by atoms with van der Waals surface area (Å²) in [5, 5.41) is 2.94. The summed E-state index contributed by atoms with van der Waals surface area (Å²) in [7, 11) is 0. The van der Waals surface area contributed by atoms with E-state index >= 15 is 0 Å². The van der Waals surface area contributed by atoms with Crippen LogP contribution >= 0.6 is 0 Å². The summed E-state index contributed by atoms with van der Waals surface area (Å²) >= 11 is 0. The molecule has 1 aliphatic heterocycles. The topological polar surface area (TPSA) is 41.6 Å². The maximum absolute atomic E-state index is 12.7. The van der Waals surface area contributed by atoms with Gasteiger partial charge >= 0.3 is 6.18 Å². The average Bonchev–Trinajstić information content (AvgIpc) is 2.70. The number of carbonyl (C=O) groups excluding carboxylic acids is 1. The molecule has 0 aromatic heterocycles. The van der Waals surface area contributed by atoms with Crippen LogP contribution in [0.5, 0.6) is 0 Å². The summed E-state index contributed by atoms with van der Waals surface area (Å²) in [6.07, 6.45) is -4.33. The Morgan fingerprint density at radius 1 is 1.07 bits per heavy atom. The Hall–Kier alpha value is -2.38. The van der Waals surface area contributed by atoms with Crippen LogP contribution in [0.2, 0.25) is 0 Å². The highest BCUT2D eigenvalue weighted by Gasteiger charge is 2.30. The molecule has 2 aromatic carbocycles. The molecule has 1 amide bonds. The molecule has 156 valence electrons. The van der Waals surface area contributed by atoms with Crippen molar-refractivity contribution in [3.8, 4) is 0 Å². The van der Waals surface area contributed by atoms with Crippen molar-refractivity contribution in [3.05, 3.63) is 70.8 Å². The molecule has 0 saturated carbocycles. The molecule has 1 atom stereocenters. The summed E-state index contributed by atoms with van der Waals surface area (Å²) in [4.78, 5) is 14.7. The van der Waals surface area contributed by atoms with Crippen molar-refractivity contribution in [1.29, 1.82) is 0 Å². The summed E-state index contributed by atoms with van der Waals surface area (Å²) in [6.45, 7) is 5.34. The number of nitrogens with zero attached hydrogens (tertiary/aromatic N) is 1. The van der Waals surface area contributed by atoms with Crippen molar-refractivity contribution in [2.75, 3.05) is 32.8 Å². The molecular formula is C22H25F3N2O2. The van der Waals surface area contributed by atoms with Crippen LogP contribution in [-0.2, 0) is 22.1 Å². The molecule has 1 heterocycles. The third-order valence-electron chi connectivity index (χ3n) is 5.09. The van der Waals surface area contributed by atoms with E-state index in [-0.39, 0.29) is 18.4 Å². The van der Waals surface area contributed by atoms with Crippen LogP contribution in [0, 0.1) is 6.92 Å². The van der Waals surface area contributed by atoms with Crippen molar-refractivity contribution in [2.24, 2.45) is 0 Å². The first kappa shape index (κ1) is 21.3. The average molecular weight is 406 g/mol. The highest BCUT2D eigenvalue weighted by atomic mass is 19.4. The second-order valence-electron chi connectivity index (χ2n) is 7.25. The monoisotopic (exact) mass is 406 g/mol. The Labute approximate surface area is 168 Å². The number of halogens is 3. The number of hydrogen-bond acceptors (Lipinski definition) is 3. The molecule has 1 fully saturated rings. The van der Waals surface area contributed by atoms with E-state index in [2.05, 4.69) is 22.3 Å². The Morgan fingerprint density at radius 2 is 1.69 bits per heavy atom. The maximum atomic E-state index is 12.7. The van der Waals surface area contributed by atoms with Crippen LogP contribution in [0.25, 0.3) is 0 Å². The molecule has 3 rings (SSSR count). The van der Waals surface area contributed by atoms with Gasteiger partial charge in [-0.05, 0) is 30.2 Å². The summed E-state index contributed by atoms with van der Waals surface area (Å²) in [6, 6.07) is 13.0. The number of hydrogen-bond donors (Lipinski definition) is 1. The zero-order valence-corrected chi connectivity index (χ0v) is 16.3. The Morgan fingerprint density at radius 3 is 2.28 bits per heavy atom. The van der Waals surface area contributed by atoms with Crippen LogP contribution in [-0.4, -0.2) is 43.7 Å². The lowest BCUT2D eigenvalue weighted by molar-refractivity contribution is -0.137. The first-order chi connectivity index (χ1) is 13.8. The lowest BCUT2D eigenvalue weighted by Crippen LogP contribution is -2.44. The second kappa shape index (κ2) is 9.41. The standard InChI is InChI=1S/C22H25F3N2O2/c1-16-2-6-18(7-3-16)20(27-10-12-29-13-11-27)15-26-21(28)14-17-4-8-19(9-5-17)22(23,24)25/h2-9,20H,10-15H2,1H3,(H,26,28). The fourth-order valence-corrected chi connectivity index (χ4v) is 3.41. The van der Waals surface area contributed by atoms with Crippen molar-refractivity contribution in [3.63, 3.8) is 0 Å². The minimum Gasteiger partial charge on any atom is -0.379 e.